The standard InChI is InChI=1S/C65H81N7O12/c1-9-10-37-66-57(76)50(39-44-33-35-49(36-34-44)83-63(3,4)5)67-58(77)51(40-54(73)71-65(46-26-17-12-18-27-46,47-28-19-13-20-29-47)48-30-21-14-22-31-48)68-60(79)56(43(2)82-42-45-24-15-11-16-25-45)70-59(78)53-32-23-38-72(53)61(80)52(41-55(74)75)69-62(81)84-64(6,7)8/h11-22,24-31,33-36,43,50-53,56H,9-10,23,32,37-42H2,1-8H3,(H,66,76)(H,67,77)(H,68,79)(H,69,81)(H,70,78)(H,71,73)(H,74,75)/t43-,50+,51+,52+,53-,56+/m1/s1. The van der Waals surface area contributed by atoms with Crippen molar-refractivity contribution in [3.8, 4) is 5.75 Å². The first-order valence-electron chi connectivity index (χ1n) is 28.6. The van der Waals surface area contributed by atoms with Gasteiger partial charge >= 0.3 is 12.1 Å². The molecule has 6 rings (SSSR count). The molecule has 0 saturated carbocycles. The molecule has 1 aliphatic rings. The van der Waals surface area contributed by atoms with E-state index in [4.69, 9.17) is 14.2 Å². The monoisotopic (exact) mass is 1150 g/mol. The quantitative estimate of drug-likeness (QED) is 0.0203. The van der Waals surface area contributed by atoms with Gasteiger partial charge in [0, 0.05) is 19.5 Å². The van der Waals surface area contributed by atoms with Crippen molar-refractivity contribution >= 4 is 47.5 Å². The lowest BCUT2D eigenvalue weighted by atomic mass is 9.77. The highest BCUT2D eigenvalue weighted by Crippen LogP contribution is 2.37. The van der Waals surface area contributed by atoms with Gasteiger partial charge in [0.15, 0.2) is 0 Å². The number of rotatable bonds is 27. The van der Waals surface area contributed by atoms with E-state index in [1.54, 1.807) is 64.1 Å². The van der Waals surface area contributed by atoms with E-state index in [-0.39, 0.29) is 26.0 Å². The number of amides is 7. The molecule has 7 N–H and O–H groups in total. The summed E-state index contributed by atoms with van der Waals surface area (Å²) < 4.78 is 17.6. The van der Waals surface area contributed by atoms with Crippen LogP contribution >= 0.6 is 0 Å². The second-order valence-corrected chi connectivity index (χ2v) is 22.9. The molecular weight excluding hydrogens is 1070 g/mol. The number of alkyl carbamates (subject to hydrolysis) is 1. The Morgan fingerprint density at radius 2 is 1.17 bits per heavy atom. The van der Waals surface area contributed by atoms with E-state index in [1.165, 1.54) is 0 Å². The van der Waals surface area contributed by atoms with Gasteiger partial charge in [-0.25, -0.2) is 4.79 Å². The molecular formula is C65H81N7O12. The molecule has 5 aromatic rings. The topological polar surface area (TPSA) is 260 Å². The van der Waals surface area contributed by atoms with E-state index >= 15 is 14.4 Å². The van der Waals surface area contributed by atoms with Crippen LogP contribution in [-0.4, -0.2) is 118 Å². The van der Waals surface area contributed by atoms with E-state index in [2.05, 4.69) is 31.9 Å². The molecule has 19 heteroatoms. The molecule has 1 fully saturated rings. The zero-order valence-electron chi connectivity index (χ0n) is 49.3. The number of nitrogens with zero attached hydrogens (tertiary/aromatic N) is 1. The number of carbonyl (C=O) groups excluding carboxylic acids is 7. The third-order valence-corrected chi connectivity index (χ3v) is 13.8. The number of nitrogens with one attached hydrogen (secondary N) is 6. The molecule has 0 aromatic heterocycles. The van der Waals surface area contributed by atoms with E-state index in [0.29, 0.717) is 47.4 Å². The van der Waals surface area contributed by atoms with Gasteiger partial charge in [0.2, 0.25) is 35.4 Å². The van der Waals surface area contributed by atoms with Crippen LogP contribution in [0.5, 0.6) is 5.75 Å². The molecule has 0 bridgehead atoms. The van der Waals surface area contributed by atoms with Gasteiger partial charge < -0.3 is 56.1 Å². The fourth-order valence-corrected chi connectivity index (χ4v) is 9.84. The zero-order chi connectivity index (χ0) is 61.0. The van der Waals surface area contributed by atoms with Crippen molar-refractivity contribution in [3.05, 3.63) is 173 Å². The number of unbranched alkanes of at least 4 members (excludes halogenated alkanes) is 1. The van der Waals surface area contributed by atoms with Crippen molar-refractivity contribution in [1.82, 2.24) is 36.8 Å². The van der Waals surface area contributed by atoms with Crippen LogP contribution < -0.4 is 36.6 Å². The predicted molar refractivity (Wildman–Crippen MR) is 317 cm³/mol. The molecule has 6 atom stereocenters. The lowest BCUT2D eigenvalue weighted by molar-refractivity contribution is -0.145. The van der Waals surface area contributed by atoms with Crippen molar-refractivity contribution in [2.75, 3.05) is 13.1 Å². The first-order chi connectivity index (χ1) is 40.0. The molecule has 7 amide bonds. The fourth-order valence-electron chi connectivity index (χ4n) is 9.84. The highest BCUT2D eigenvalue weighted by Gasteiger charge is 2.43. The molecule has 448 valence electrons. The maximum Gasteiger partial charge on any atom is 0.408 e. The van der Waals surface area contributed by atoms with Crippen molar-refractivity contribution in [1.29, 1.82) is 0 Å². The van der Waals surface area contributed by atoms with Crippen molar-refractivity contribution in [3.63, 3.8) is 0 Å². The van der Waals surface area contributed by atoms with Crippen LogP contribution in [0.3, 0.4) is 0 Å². The van der Waals surface area contributed by atoms with E-state index in [1.807, 2.05) is 137 Å². The highest BCUT2D eigenvalue weighted by atomic mass is 16.6. The molecule has 19 nitrogen and oxygen atoms in total. The predicted octanol–water partition coefficient (Wildman–Crippen LogP) is 7.24. The van der Waals surface area contributed by atoms with Crippen LogP contribution in [0.4, 0.5) is 4.79 Å². The molecule has 1 aliphatic heterocycles. The molecule has 0 spiro atoms. The SMILES string of the molecule is CCCCNC(=O)[C@H](Cc1ccc(OC(C)(C)C)cc1)NC(=O)[C@H](CC(=O)NC(c1ccccc1)(c1ccccc1)c1ccccc1)NC(=O)[C@@H](NC(=O)[C@H]1CCCN1C(=O)[C@H](CC(=O)O)NC(=O)OC(C)(C)C)[C@@H](C)OCc1ccccc1. The smallest absolute Gasteiger partial charge is 0.408 e. The van der Waals surface area contributed by atoms with Gasteiger partial charge in [-0.05, 0) is 108 Å². The highest BCUT2D eigenvalue weighted by molar-refractivity contribution is 5.99. The Kier molecular flexibility index (Phi) is 23.2. The molecule has 84 heavy (non-hydrogen) atoms. The van der Waals surface area contributed by atoms with Gasteiger partial charge in [-0.2, -0.15) is 0 Å². The molecule has 0 aliphatic carbocycles. The normalized spacial score (nSPS) is 15.2. The zero-order valence-corrected chi connectivity index (χ0v) is 49.3. The minimum Gasteiger partial charge on any atom is -0.488 e. The van der Waals surface area contributed by atoms with Crippen LogP contribution in [0.2, 0.25) is 0 Å². The Morgan fingerprint density at radius 3 is 1.69 bits per heavy atom. The minimum atomic E-state index is -1.72. The third kappa shape index (κ3) is 19.0. The summed E-state index contributed by atoms with van der Waals surface area (Å²) in [5.41, 5.74) is 0.654. The Bertz CT molecular complexity index is 2890. The Hall–Kier alpha value is -8.58. The lowest BCUT2D eigenvalue weighted by Crippen LogP contribution is -2.62. The van der Waals surface area contributed by atoms with Gasteiger partial charge in [-0.15, -0.1) is 0 Å². The second-order valence-electron chi connectivity index (χ2n) is 22.9. The van der Waals surface area contributed by atoms with Crippen molar-refractivity contribution in [2.45, 2.75) is 160 Å². The minimum absolute atomic E-state index is 0.00571. The van der Waals surface area contributed by atoms with Crippen LogP contribution in [-0.2, 0) is 61.6 Å². The number of aliphatic carboxylic acids is 1. The lowest BCUT2D eigenvalue weighted by Gasteiger charge is -2.37. The summed E-state index contributed by atoms with van der Waals surface area (Å²) in [5, 5.41) is 26.7. The molecule has 0 radical (unpaired) electrons. The first kappa shape index (κ1) is 64.6. The number of ether oxygens (including phenoxy) is 3. The maximum absolute atomic E-state index is 15.3. The van der Waals surface area contributed by atoms with Crippen LogP contribution in [0, 0.1) is 0 Å². The van der Waals surface area contributed by atoms with Gasteiger partial charge in [0.1, 0.15) is 52.7 Å². The Labute approximate surface area is 492 Å². The fraction of sp³-hybridized carbons (Fsp3) is 0.415. The second kappa shape index (κ2) is 30.1. The summed E-state index contributed by atoms with van der Waals surface area (Å²) in [7, 11) is 0. The first-order valence-corrected chi connectivity index (χ1v) is 28.6. The van der Waals surface area contributed by atoms with Crippen LogP contribution in [0.15, 0.2) is 146 Å². The molecule has 1 saturated heterocycles. The van der Waals surface area contributed by atoms with Crippen molar-refractivity contribution in [2.24, 2.45) is 0 Å². The number of carboxylic acid groups (broad SMARTS) is 1. The number of hydrogen-bond acceptors (Lipinski definition) is 11. The summed E-state index contributed by atoms with van der Waals surface area (Å²) in [6, 6.07) is 36.7. The van der Waals surface area contributed by atoms with Gasteiger partial charge in [-0.3, -0.25) is 33.6 Å². The summed E-state index contributed by atoms with van der Waals surface area (Å²) in [6.07, 6.45) is -1.83. The van der Waals surface area contributed by atoms with Crippen LogP contribution in [0.25, 0.3) is 0 Å². The third-order valence-electron chi connectivity index (χ3n) is 13.8. The van der Waals surface area contributed by atoms with Gasteiger partial charge in [0.25, 0.3) is 0 Å². The summed E-state index contributed by atoms with van der Waals surface area (Å²) >= 11 is 0. The number of carboxylic acids is 1. The molecule has 5 aromatic carbocycles. The maximum atomic E-state index is 15.3. The number of carbonyl (C=O) groups is 8. The van der Waals surface area contributed by atoms with Crippen LogP contribution in [0.1, 0.15) is 122 Å². The van der Waals surface area contributed by atoms with Gasteiger partial charge in [-0.1, -0.05) is 147 Å². The number of benzene rings is 5. The largest absolute Gasteiger partial charge is 0.488 e. The average molecular weight is 1150 g/mol. The average Bonchev–Trinajstić information content (AvgIpc) is 1.25. The molecule has 1 heterocycles. The number of hydrogen-bond donors (Lipinski definition) is 7. The van der Waals surface area contributed by atoms with E-state index in [9.17, 15) is 29.1 Å². The summed E-state index contributed by atoms with van der Waals surface area (Å²) in [4.78, 5) is 115. The Balaban J connectivity index is 1.39. The van der Waals surface area contributed by atoms with E-state index in [0.717, 1.165) is 16.9 Å². The molecule has 0 unspecified atom stereocenters. The van der Waals surface area contributed by atoms with E-state index < -0.39 is 113 Å². The number of likely N-dealkylation sites (tertiary alicyclic amines) is 1. The summed E-state index contributed by atoms with van der Waals surface area (Å²) in [6.45, 7) is 14.4. The van der Waals surface area contributed by atoms with Gasteiger partial charge in [0.05, 0.1) is 25.6 Å². The van der Waals surface area contributed by atoms with Crippen molar-refractivity contribution < 1.29 is 57.7 Å². The Morgan fingerprint density at radius 1 is 0.619 bits per heavy atom. The summed E-state index contributed by atoms with van der Waals surface area (Å²) in [5.74, 6) is -5.53.